The van der Waals surface area contributed by atoms with Gasteiger partial charge < -0.3 is 5.32 Å². The smallest absolute Gasteiger partial charge is 0.233 e. The fourth-order valence-corrected chi connectivity index (χ4v) is 3.24. The third kappa shape index (κ3) is 2.95. The van der Waals surface area contributed by atoms with Gasteiger partial charge in [-0.25, -0.2) is 4.98 Å². The molecular formula is C17H16N2OS. The van der Waals surface area contributed by atoms with E-state index in [-0.39, 0.29) is 11.8 Å². The topological polar surface area (TPSA) is 42.0 Å². The van der Waals surface area contributed by atoms with Crippen molar-refractivity contribution in [3.05, 3.63) is 60.2 Å². The lowest BCUT2D eigenvalue weighted by Gasteiger charge is -2.13. The van der Waals surface area contributed by atoms with E-state index in [9.17, 15) is 4.79 Å². The predicted molar refractivity (Wildman–Crippen MR) is 87.7 cm³/mol. The van der Waals surface area contributed by atoms with E-state index in [4.69, 9.17) is 0 Å². The monoisotopic (exact) mass is 296 g/mol. The van der Waals surface area contributed by atoms with Gasteiger partial charge in [0.1, 0.15) is 0 Å². The molecule has 3 rings (SSSR count). The van der Waals surface area contributed by atoms with E-state index in [1.807, 2.05) is 61.5 Å². The van der Waals surface area contributed by atoms with Gasteiger partial charge in [0.25, 0.3) is 0 Å². The van der Waals surface area contributed by atoms with E-state index in [2.05, 4.69) is 10.3 Å². The first-order valence-electron chi connectivity index (χ1n) is 6.99. The third-order valence-corrected chi connectivity index (χ3v) is 4.40. The summed E-state index contributed by atoms with van der Waals surface area (Å²) in [6, 6.07) is 17.8. The van der Waals surface area contributed by atoms with Crippen LogP contribution in [0.2, 0.25) is 0 Å². The molecule has 21 heavy (non-hydrogen) atoms. The molecule has 0 aliphatic rings. The van der Waals surface area contributed by atoms with Gasteiger partial charge in [-0.05, 0) is 24.1 Å². The van der Waals surface area contributed by atoms with Crippen LogP contribution in [-0.4, -0.2) is 10.9 Å². The Kier molecular flexibility index (Phi) is 3.97. The molecule has 1 N–H and O–H groups in total. The SMILES string of the molecule is CC[C@@H](C(=O)Nc1nc2ccccc2s1)c1ccccc1. The van der Waals surface area contributed by atoms with E-state index >= 15 is 0 Å². The van der Waals surface area contributed by atoms with Crippen LogP contribution in [0.5, 0.6) is 0 Å². The van der Waals surface area contributed by atoms with Crippen molar-refractivity contribution in [2.24, 2.45) is 0 Å². The molecule has 2 aromatic carbocycles. The Morgan fingerprint density at radius 3 is 2.57 bits per heavy atom. The standard InChI is InChI=1S/C17H16N2OS/c1-2-13(12-8-4-3-5-9-12)16(20)19-17-18-14-10-6-7-11-15(14)21-17/h3-11,13H,2H2,1H3,(H,18,19,20)/t13-/m1/s1. The normalized spacial score (nSPS) is 12.2. The maximum atomic E-state index is 12.5. The molecule has 0 fully saturated rings. The number of rotatable bonds is 4. The van der Waals surface area contributed by atoms with Crippen LogP contribution >= 0.6 is 11.3 Å². The number of fused-ring (bicyclic) bond motifs is 1. The Hall–Kier alpha value is -2.20. The van der Waals surface area contributed by atoms with Crippen molar-refractivity contribution in [1.82, 2.24) is 4.98 Å². The van der Waals surface area contributed by atoms with Gasteiger partial charge in [0.15, 0.2) is 5.13 Å². The van der Waals surface area contributed by atoms with E-state index in [1.165, 1.54) is 11.3 Å². The minimum absolute atomic E-state index is 0.00255. The summed E-state index contributed by atoms with van der Waals surface area (Å²) in [4.78, 5) is 16.9. The van der Waals surface area contributed by atoms with Gasteiger partial charge in [0.05, 0.1) is 16.1 Å². The van der Waals surface area contributed by atoms with Crippen LogP contribution in [-0.2, 0) is 4.79 Å². The summed E-state index contributed by atoms with van der Waals surface area (Å²) in [6.45, 7) is 2.02. The number of carbonyl (C=O) groups excluding carboxylic acids is 1. The van der Waals surface area contributed by atoms with E-state index in [1.54, 1.807) is 0 Å². The minimum Gasteiger partial charge on any atom is -0.301 e. The number of para-hydroxylation sites is 1. The zero-order valence-electron chi connectivity index (χ0n) is 11.7. The molecule has 0 aliphatic carbocycles. The number of nitrogens with zero attached hydrogens (tertiary/aromatic N) is 1. The van der Waals surface area contributed by atoms with Crippen molar-refractivity contribution < 1.29 is 4.79 Å². The molecule has 3 nitrogen and oxygen atoms in total. The molecule has 0 unspecified atom stereocenters. The fraction of sp³-hybridized carbons (Fsp3) is 0.176. The molecule has 0 saturated heterocycles. The Balaban J connectivity index is 1.81. The van der Waals surface area contributed by atoms with Crippen LogP contribution in [0, 0.1) is 0 Å². The number of benzene rings is 2. The van der Waals surface area contributed by atoms with Crippen LogP contribution in [0.25, 0.3) is 10.2 Å². The number of amides is 1. The van der Waals surface area contributed by atoms with E-state index in [0.29, 0.717) is 5.13 Å². The summed E-state index contributed by atoms with van der Waals surface area (Å²) in [5.41, 5.74) is 1.96. The lowest BCUT2D eigenvalue weighted by atomic mass is 9.96. The first-order valence-corrected chi connectivity index (χ1v) is 7.81. The van der Waals surface area contributed by atoms with Crippen molar-refractivity contribution in [3.8, 4) is 0 Å². The zero-order chi connectivity index (χ0) is 14.7. The molecular weight excluding hydrogens is 280 g/mol. The fourth-order valence-electron chi connectivity index (χ4n) is 2.38. The van der Waals surface area contributed by atoms with E-state index < -0.39 is 0 Å². The minimum atomic E-state index is -0.141. The lowest BCUT2D eigenvalue weighted by molar-refractivity contribution is -0.117. The first-order chi connectivity index (χ1) is 10.3. The van der Waals surface area contributed by atoms with Gasteiger partial charge >= 0.3 is 0 Å². The maximum absolute atomic E-state index is 12.5. The Bertz CT molecular complexity index is 719. The Morgan fingerprint density at radius 1 is 1.14 bits per heavy atom. The Labute approximate surface area is 127 Å². The molecule has 1 aromatic heterocycles. The number of hydrogen-bond acceptors (Lipinski definition) is 3. The number of carbonyl (C=O) groups is 1. The molecule has 0 radical (unpaired) electrons. The molecule has 106 valence electrons. The van der Waals surface area contributed by atoms with Crippen LogP contribution in [0.4, 0.5) is 5.13 Å². The number of thiazole rings is 1. The summed E-state index contributed by atoms with van der Waals surface area (Å²) in [7, 11) is 0. The molecule has 0 aliphatic heterocycles. The summed E-state index contributed by atoms with van der Waals surface area (Å²) in [5, 5.41) is 3.61. The van der Waals surface area contributed by atoms with Crippen molar-refractivity contribution in [2.45, 2.75) is 19.3 Å². The summed E-state index contributed by atoms with van der Waals surface area (Å²) in [6.07, 6.45) is 0.765. The molecule has 1 atom stereocenters. The quantitative estimate of drug-likeness (QED) is 0.774. The van der Waals surface area contributed by atoms with Crippen LogP contribution in [0.3, 0.4) is 0 Å². The second-order valence-electron chi connectivity index (χ2n) is 4.85. The van der Waals surface area contributed by atoms with Gasteiger partial charge in [-0.3, -0.25) is 4.79 Å². The number of anilines is 1. The van der Waals surface area contributed by atoms with Gasteiger partial charge in [-0.2, -0.15) is 0 Å². The van der Waals surface area contributed by atoms with Gasteiger partial charge in [-0.15, -0.1) is 0 Å². The molecule has 0 spiro atoms. The van der Waals surface area contributed by atoms with Gasteiger partial charge in [0.2, 0.25) is 5.91 Å². The van der Waals surface area contributed by atoms with Crippen LogP contribution in [0.15, 0.2) is 54.6 Å². The predicted octanol–water partition coefficient (Wildman–Crippen LogP) is 4.43. The summed E-state index contributed by atoms with van der Waals surface area (Å²) in [5.74, 6) is -0.138. The largest absolute Gasteiger partial charge is 0.301 e. The third-order valence-electron chi connectivity index (χ3n) is 3.45. The summed E-state index contributed by atoms with van der Waals surface area (Å²) >= 11 is 1.51. The number of nitrogens with one attached hydrogen (secondary N) is 1. The maximum Gasteiger partial charge on any atom is 0.233 e. The number of hydrogen-bond donors (Lipinski definition) is 1. The first kappa shape index (κ1) is 13.8. The average molecular weight is 296 g/mol. The molecule has 4 heteroatoms. The lowest BCUT2D eigenvalue weighted by Crippen LogP contribution is -2.20. The highest BCUT2D eigenvalue weighted by Crippen LogP contribution is 2.27. The molecule has 1 amide bonds. The van der Waals surface area contributed by atoms with Crippen LogP contribution in [0.1, 0.15) is 24.8 Å². The molecule has 1 heterocycles. The summed E-state index contributed by atoms with van der Waals surface area (Å²) < 4.78 is 1.08. The van der Waals surface area contributed by atoms with Crippen molar-refractivity contribution in [3.63, 3.8) is 0 Å². The van der Waals surface area contributed by atoms with Crippen LogP contribution < -0.4 is 5.32 Å². The average Bonchev–Trinajstić information content (AvgIpc) is 2.91. The van der Waals surface area contributed by atoms with E-state index in [0.717, 1.165) is 22.2 Å². The van der Waals surface area contributed by atoms with Gasteiger partial charge in [0, 0.05) is 0 Å². The van der Waals surface area contributed by atoms with Crippen molar-refractivity contribution >= 4 is 32.6 Å². The second-order valence-corrected chi connectivity index (χ2v) is 5.88. The zero-order valence-corrected chi connectivity index (χ0v) is 12.6. The second kappa shape index (κ2) is 6.06. The highest BCUT2D eigenvalue weighted by molar-refractivity contribution is 7.22. The Morgan fingerprint density at radius 2 is 1.86 bits per heavy atom. The highest BCUT2D eigenvalue weighted by atomic mass is 32.1. The highest BCUT2D eigenvalue weighted by Gasteiger charge is 2.19. The van der Waals surface area contributed by atoms with Gasteiger partial charge in [-0.1, -0.05) is 60.7 Å². The number of aromatic nitrogens is 1. The van der Waals surface area contributed by atoms with Crippen molar-refractivity contribution in [1.29, 1.82) is 0 Å². The molecule has 3 aromatic rings. The molecule has 0 saturated carbocycles. The molecule has 0 bridgehead atoms. The van der Waals surface area contributed by atoms with Crippen molar-refractivity contribution in [2.75, 3.05) is 5.32 Å².